The van der Waals surface area contributed by atoms with E-state index in [-0.39, 0.29) is 5.69 Å². The summed E-state index contributed by atoms with van der Waals surface area (Å²) in [5.74, 6) is -3.74. The second-order valence-corrected chi connectivity index (χ2v) is 4.89. The molecule has 0 bridgehead atoms. The molecule has 0 fully saturated rings. The summed E-state index contributed by atoms with van der Waals surface area (Å²) in [7, 11) is 0. The number of carbonyl (C=O) groups is 2. The van der Waals surface area contributed by atoms with Crippen LogP contribution in [0.2, 0.25) is 0 Å². The van der Waals surface area contributed by atoms with E-state index in [2.05, 4.69) is 5.32 Å². The van der Waals surface area contributed by atoms with Crippen LogP contribution >= 0.6 is 0 Å². The lowest BCUT2D eigenvalue weighted by molar-refractivity contribution is -0.143. The van der Waals surface area contributed by atoms with Crippen molar-refractivity contribution in [3.63, 3.8) is 0 Å². The minimum absolute atomic E-state index is 0.0259. The van der Waals surface area contributed by atoms with Crippen molar-refractivity contribution in [1.82, 2.24) is 4.90 Å². The predicted octanol–water partition coefficient (Wildman–Crippen LogP) is 2.95. The number of anilines is 1. The van der Waals surface area contributed by atoms with Crippen molar-refractivity contribution in [2.45, 2.75) is 13.5 Å². The Morgan fingerprint density at radius 3 is 2.35 bits per heavy atom. The first kappa shape index (κ1) is 16.6. The van der Waals surface area contributed by atoms with E-state index in [0.29, 0.717) is 13.1 Å². The zero-order valence-electron chi connectivity index (χ0n) is 12.6. The number of likely N-dealkylation sites (N-methyl/N-ethyl adjacent to an activating group) is 1. The van der Waals surface area contributed by atoms with E-state index < -0.39 is 23.4 Å². The normalized spacial score (nSPS) is 10.2. The van der Waals surface area contributed by atoms with Gasteiger partial charge in [0.1, 0.15) is 0 Å². The number of hydrogen-bond donors (Lipinski definition) is 1. The maximum absolute atomic E-state index is 13.1. The van der Waals surface area contributed by atoms with E-state index in [9.17, 15) is 18.4 Å². The van der Waals surface area contributed by atoms with Gasteiger partial charge in [-0.05, 0) is 24.6 Å². The molecule has 0 saturated heterocycles. The molecule has 6 heteroatoms. The number of carbonyl (C=O) groups excluding carboxylic acids is 2. The van der Waals surface area contributed by atoms with Crippen LogP contribution in [0.15, 0.2) is 48.5 Å². The van der Waals surface area contributed by atoms with Crippen LogP contribution in [0, 0.1) is 11.6 Å². The van der Waals surface area contributed by atoms with E-state index in [0.717, 1.165) is 17.7 Å². The summed E-state index contributed by atoms with van der Waals surface area (Å²) in [4.78, 5) is 25.5. The molecule has 0 saturated carbocycles. The van der Waals surface area contributed by atoms with E-state index in [1.807, 2.05) is 30.3 Å². The van der Waals surface area contributed by atoms with Gasteiger partial charge < -0.3 is 10.2 Å². The number of hydrogen-bond acceptors (Lipinski definition) is 2. The third-order valence-electron chi connectivity index (χ3n) is 3.26. The molecule has 0 aliphatic heterocycles. The maximum Gasteiger partial charge on any atom is 0.313 e. The molecule has 2 aromatic rings. The lowest BCUT2D eigenvalue weighted by atomic mass is 10.2. The van der Waals surface area contributed by atoms with E-state index in [1.54, 1.807) is 6.92 Å². The van der Waals surface area contributed by atoms with Crippen molar-refractivity contribution in [3.05, 3.63) is 65.7 Å². The Morgan fingerprint density at radius 1 is 1.04 bits per heavy atom. The molecule has 0 aromatic heterocycles. The number of halogens is 2. The van der Waals surface area contributed by atoms with Gasteiger partial charge in [0.25, 0.3) is 0 Å². The molecule has 0 unspecified atom stereocenters. The molecule has 0 heterocycles. The highest BCUT2D eigenvalue weighted by Crippen LogP contribution is 2.13. The molecule has 1 N–H and O–H groups in total. The molecular weight excluding hydrogens is 302 g/mol. The third kappa shape index (κ3) is 4.35. The molecule has 2 aromatic carbocycles. The number of rotatable bonds is 4. The summed E-state index contributed by atoms with van der Waals surface area (Å²) in [5.41, 5.74) is 0.918. The van der Waals surface area contributed by atoms with Crippen LogP contribution in [0.4, 0.5) is 14.5 Å². The van der Waals surface area contributed by atoms with Crippen molar-refractivity contribution in [3.8, 4) is 0 Å². The Bertz CT molecular complexity index is 705. The standard InChI is InChI=1S/C17H16F2N2O2/c1-2-21(11-12-6-4-3-5-7-12)17(23)16(22)20-13-8-9-14(18)15(19)10-13/h3-10H,2,11H2,1H3,(H,20,22). The molecular formula is C17H16F2N2O2. The average Bonchev–Trinajstić information content (AvgIpc) is 2.56. The Kier molecular flexibility index (Phi) is 5.41. The Balaban J connectivity index is 2.04. The van der Waals surface area contributed by atoms with E-state index >= 15 is 0 Å². The highest BCUT2D eigenvalue weighted by atomic mass is 19.2. The molecule has 0 aliphatic carbocycles. The summed E-state index contributed by atoms with van der Waals surface area (Å²) in [6, 6.07) is 12.1. The van der Waals surface area contributed by atoms with Crippen molar-refractivity contribution >= 4 is 17.5 Å². The zero-order valence-corrected chi connectivity index (χ0v) is 12.6. The Labute approximate surface area is 132 Å². The molecule has 23 heavy (non-hydrogen) atoms. The number of nitrogens with one attached hydrogen (secondary N) is 1. The lowest BCUT2D eigenvalue weighted by Gasteiger charge is -2.20. The van der Waals surface area contributed by atoms with Gasteiger partial charge in [-0.2, -0.15) is 0 Å². The van der Waals surface area contributed by atoms with Gasteiger partial charge in [-0.3, -0.25) is 9.59 Å². The fourth-order valence-electron chi connectivity index (χ4n) is 2.03. The Hall–Kier alpha value is -2.76. The van der Waals surface area contributed by atoms with E-state index in [1.165, 1.54) is 11.0 Å². The summed E-state index contributed by atoms with van der Waals surface area (Å²) in [5, 5.41) is 2.27. The first-order valence-corrected chi connectivity index (χ1v) is 7.10. The minimum atomic E-state index is -1.09. The van der Waals surface area contributed by atoms with Crippen molar-refractivity contribution in [2.75, 3.05) is 11.9 Å². The molecule has 2 amide bonds. The quantitative estimate of drug-likeness (QED) is 0.881. The summed E-state index contributed by atoms with van der Waals surface area (Å²) < 4.78 is 26.0. The number of benzene rings is 2. The van der Waals surface area contributed by atoms with Crippen LogP contribution in [0.5, 0.6) is 0 Å². The summed E-state index contributed by atoms with van der Waals surface area (Å²) in [6.45, 7) is 2.39. The third-order valence-corrected chi connectivity index (χ3v) is 3.26. The van der Waals surface area contributed by atoms with Gasteiger partial charge in [-0.1, -0.05) is 30.3 Å². The predicted molar refractivity (Wildman–Crippen MR) is 82.5 cm³/mol. The number of nitrogens with zero attached hydrogens (tertiary/aromatic N) is 1. The average molecular weight is 318 g/mol. The van der Waals surface area contributed by atoms with Crippen LogP contribution in [-0.4, -0.2) is 23.3 Å². The number of amides is 2. The second kappa shape index (κ2) is 7.49. The largest absolute Gasteiger partial charge is 0.330 e. The fourth-order valence-corrected chi connectivity index (χ4v) is 2.03. The molecule has 0 spiro atoms. The van der Waals surface area contributed by atoms with E-state index in [4.69, 9.17) is 0 Å². The van der Waals surface area contributed by atoms with Gasteiger partial charge in [0.05, 0.1) is 0 Å². The minimum Gasteiger partial charge on any atom is -0.330 e. The molecule has 2 rings (SSSR count). The fraction of sp³-hybridized carbons (Fsp3) is 0.176. The highest BCUT2D eigenvalue weighted by molar-refractivity contribution is 6.39. The second-order valence-electron chi connectivity index (χ2n) is 4.89. The first-order chi connectivity index (χ1) is 11.0. The topological polar surface area (TPSA) is 49.4 Å². The van der Waals surface area contributed by atoms with Crippen LogP contribution < -0.4 is 5.32 Å². The molecule has 0 radical (unpaired) electrons. The van der Waals surface area contributed by atoms with Gasteiger partial charge in [-0.25, -0.2) is 8.78 Å². The van der Waals surface area contributed by atoms with Gasteiger partial charge in [0.15, 0.2) is 11.6 Å². The smallest absolute Gasteiger partial charge is 0.313 e. The van der Waals surface area contributed by atoms with Crippen LogP contribution in [0.25, 0.3) is 0 Å². The maximum atomic E-state index is 13.1. The van der Waals surface area contributed by atoms with Gasteiger partial charge >= 0.3 is 11.8 Å². The van der Waals surface area contributed by atoms with Gasteiger partial charge in [0.2, 0.25) is 0 Å². The molecule has 4 nitrogen and oxygen atoms in total. The van der Waals surface area contributed by atoms with Crippen LogP contribution in [0.1, 0.15) is 12.5 Å². The molecule has 0 aliphatic rings. The monoisotopic (exact) mass is 318 g/mol. The van der Waals surface area contributed by atoms with Crippen molar-refractivity contribution in [1.29, 1.82) is 0 Å². The summed E-state index contributed by atoms with van der Waals surface area (Å²) >= 11 is 0. The Morgan fingerprint density at radius 2 is 1.74 bits per heavy atom. The van der Waals surface area contributed by atoms with Crippen molar-refractivity contribution < 1.29 is 18.4 Å². The van der Waals surface area contributed by atoms with Crippen LogP contribution in [-0.2, 0) is 16.1 Å². The SMILES string of the molecule is CCN(Cc1ccccc1)C(=O)C(=O)Nc1ccc(F)c(F)c1. The highest BCUT2D eigenvalue weighted by Gasteiger charge is 2.21. The van der Waals surface area contributed by atoms with Gasteiger partial charge in [-0.15, -0.1) is 0 Å². The van der Waals surface area contributed by atoms with Gasteiger partial charge in [0, 0.05) is 24.8 Å². The molecule has 120 valence electrons. The summed E-state index contributed by atoms with van der Waals surface area (Å²) in [6.07, 6.45) is 0. The lowest BCUT2D eigenvalue weighted by Crippen LogP contribution is -2.39. The molecule has 0 atom stereocenters. The van der Waals surface area contributed by atoms with Crippen LogP contribution in [0.3, 0.4) is 0 Å². The first-order valence-electron chi connectivity index (χ1n) is 7.10. The van der Waals surface area contributed by atoms with Crippen molar-refractivity contribution in [2.24, 2.45) is 0 Å². The zero-order chi connectivity index (χ0) is 16.8.